The van der Waals surface area contributed by atoms with Crippen molar-refractivity contribution in [3.05, 3.63) is 82.5 Å². The number of amides is 1. The van der Waals surface area contributed by atoms with Gasteiger partial charge in [0.2, 0.25) is 0 Å². The molecule has 10 nitrogen and oxygen atoms in total. The Labute approximate surface area is 219 Å². The van der Waals surface area contributed by atoms with Crippen LogP contribution >= 0.6 is 0 Å². The number of carbonyl (C=O) groups excluding carboxylic acids is 1. The fraction of sp³-hybridized carbons (Fsp3) is 0.231. The molecule has 5 N–H and O–H groups in total. The van der Waals surface area contributed by atoms with Gasteiger partial charge in [-0.15, -0.1) is 5.43 Å². The number of quaternary nitrogens is 1. The van der Waals surface area contributed by atoms with Gasteiger partial charge in [0.05, 0.1) is 22.4 Å². The lowest BCUT2D eigenvalue weighted by Crippen LogP contribution is -2.80. The van der Waals surface area contributed by atoms with Crippen molar-refractivity contribution in [2.75, 3.05) is 0 Å². The molecule has 2 aromatic carbocycles. The van der Waals surface area contributed by atoms with Crippen LogP contribution in [0.3, 0.4) is 0 Å². The molecule has 0 fully saturated rings. The summed E-state index contributed by atoms with van der Waals surface area (Å²) in [5, 5.41) is 33.4. The lowest BCUT2D eigenvalue weighted by atomic mass is 9.62. The summed E-state index contributed by atoms with van der Waals surface area (Å²) in [6.45, 7) is 3.08. The van der Waals surface area contributed by atoms with Gasteiger partial charge in [0.25, 0.3) is 5.84 Å². The molecule has 202 valence electrons. The Morgan fingerprint density at radius 2 is 1.69 bits per heavy atom. The molecule has 2 aromatic rings. The molecule has 1 aliphatic heterocycles. The predicted octanol–water partition coefficient (Wildman–Crippen LogP) is 3.08. The van der Waals surface area contributed by atoms with E-state index in [2.05, 4.69) is 15.5 Å². The van der Waals surface area contributed by atoms with E-state index in [-0.39, 0.29) is 17.6 Å². The Kier molecular flexibility index (Phi) is 7.20. The van der Waals surface area contributed by atoms with Crippen LogP contribution in [0.5, 0.6) is 0 Å². The second-order valence-corrected chi connectivity index (χ2v) is 8.87. The average molecular weight is 542 g/mol. The van der Waals surface area contributed by atoms with Crippen molar-refractivity contribution in [3.8, 4) is 11.1 Å². The van der Waals surface area contributed by atoms with E-state index in [9.17, 15) is 37.8 Å². The van der Waals surface area contributed by atoms with Gasteiger partial charge in [0.15, 0.2) is 0 Å². The van der Waals surface area contributed by atoms with Gasteiger partial charge >= 0.3 is 24.0 Å². The third-order valence-electron chi connectivity index (χ3n) is 6.88. The highest BCUT2D eigenvalue weighted by Crippen LogP contribution is 2.45. The molecule has 2 atom stereocenters. The average Bonchev–Trinajstić information content (AvgIpc) is 3.43. The predicted molar refractivity (Wildman–Crippen MR) is 131 cm³/mol. The smallest absolute Gasteiger partial charge is 0.471 e. The first-order valence-electron chi connectivity index (χ1n) is 11.7. The quantitative estimate of drug-likeness (QED) is 0.396. The largest absolute Gasteiger partial charge is 0.480 e. The highest BCUT2D eigenvalue weighted by molar-refractivity contribution is 6.00. The van der Waals surface area contributed by atoms with Gasteiger partial charge in [0.1, 0.15) is 5.41 Å². The minimum atomic E-state index is -5.37. The van der Waals surface area contributed by atoms with Crippen LogP contribution in [-0.4, -0.2) is 46.1 Å². The molecule has 0 saturated carbocycles. The Hall–Kier alpha value is -4.65. The van der Waals surface area contributed by atoms with Gasteiger partial charge < -0.3 is 15.5 Å². The number of nitrogens with one attached hydrogen (secondary N) is 1. The molecule has 0 saturated heterocycles. The molecule has 0 spiro atoms. The number of carboxylic acids is 2. The van der Waals surface area contributed by atoms with E-state index < -0.39 is 41.1 Å². The van der Waals surface area contributed by atoms with Crippen molar-refractivity contribution >= 4 is 23.7 Å². The lowest BCUT2D eigenvalue weighted by molar-refractivity contribution is -0.546. The van der Waals surface area contributed by atoms with Crippen LogP contribution in [0.4, 0.5) is 13.2 Å². The molecule has 13 heteroatoms. The summed E-state index contributed by atoms with van der Waals surface area (Å²) in [5.41, 5.74) is 0.908. The van der Waals surface area contributed by atoms with Crippen LogP contribution in [0.15, 0.2) is 86.9 Å². The molecule has 4 rings (SSSR count). The number of aliphatic carboxylic acids is 2. The fourth-order valence-electron chi connectivity index (χ4n) is 5.00. The summed E-state index contributed by atoms with van der Waals surface area (Å²) in [7, 11) is 0. The number of amidine groups is 1. The molecule has 0 bridgehead atoms. The Balaban J connectivity index is 1.90. The van der Waals surface area contributed by atoms with E-state index >= 15 is 0 Å². The van der Waals surface area contributed by atoms with Crippen molar-refractivity contribution < 1.29 is 43.2 Å². The zero-order chi connectivity index (χ0) is 28.5. The molecule has 2 unspecified atom stereocenters. The SMILES string of the molecule is CCC1=C(C)C(C(=O)O)(c2ccc(-c3ccccc3C3=NN=N[NH2+]3)cc2)C(NC(=O)C(F)(F)F)C(C(=O)O)=C1. The van der Waals surface area contributed by atoms with Gasteiger partial charge in [-0.05, 0) is 53.3 Å². The number of hydrogen-bond donors (Lipinski definition) is 4. The fourth-order valence-corrected chi connectivity index (χ4v) is 5.00. The zero-order valence-corrected chi connectivity index (χ0v) is 20.7. The van der Waals surface area contributed by atoms with Gasteiger partial charge in [-0.25, -0.2) is 4.79 Å². The molecular weight excluding hydrogens is 519 g/mol. The molecule has 2 aliphatic rings. The van der Waals surface area contributed by atoms with Crippen LogP contribution in [0.25, 0.3) is 11.1 Å². The molecule has 1 heterocycles. The highest BCUT2D eigenvalue weighted by atomic mass is 19.4. The maximum absolute atomic E-state index is 13.3. The van der Waals surface area contributed by atoms with Crippen LogP contribution < -0.4 is 10.7 Å². The number of carbonyl (C=O) groups is 3. The summed E-state index contributed by atoms with van der Waals surface area (Å²) in [5.74, 6) is -5.22. The normalized spacial score (nSPS) is 20.9. The van der Waals surface area contributed by atoms with Gasteiger partial charge in [-0.3, -0.25) is 9.59 Å². The maximum Gasteiger partial charge on any atom is 0.471 e. The first-order chi connectivity index (χ1) is 18.4. The molecule has 1 aliphatic carbocycles. The minimum absolute atomic E-state index is 0.00576. The first-order valence-corrected chi connectivity index (χ1v) is 11.7. The maximum atomic E-state index is 13.3. The lowest BCUT2D eigenvalue weighted by Gasteiger charge is -2.42. The number of nitrogens with two attached hydrogens (primary N) is 1. The molecule has 0 radical (unpaired) electrons. The number of carboxylic acid groups (broad SMARTS) is 2. The summed E-state index contributed by atoms with van der Waals surface area (Å²) in [6.07, 6.45) is -4.04. The van der Waals surface area contributed by atoms with Crippen LogP contribution in [-0.2, 0) is 19.8 Å². The van der Waals surface area contributed by atoms with Crippen molar-refractivity contribution in [2.45, 2.75) is 37.9 Å². The summed E-state index contributed by atoms with van der Waals surface area (Å²) in [4.78, 5) is 37.2. The Bertz CT molecular complexity index is 1480. The Morgan fingerprint density at radius 1 is 1.05 bits per heavy atom. The number of hydrogen-bond acceptors (Lipinski definition) is 6. The minimum Gasteiger partial charge on any atom is -0.480 e. The number of halogens is 3. The molecular formula is C26H23F3N5O5+. The first kappa shape index (κ1) is 27.4. The number of alkyl halides is 3. The number of benzene rings is 2. The number of allylic oxidation sites excluding steroid dienone is 2. The highest BCUT2D eigenvalue weighted by Gasteiger charge is 2.56. The van der Waals surface area contributed by atoms with E-state index in [1.165, 1.54) is 24.5 Å². The summed E-state index contributed by atoms with van der Waals surface area (Å²) < 4.78 is 39.8. The second-order valence-electron chi connectivity index (χ2n) is 8.87. The zero-order valence-electron chi connectivity index (χ0n) is 20.7. The van der Waals surface area contributed by atoms with Crippen molar-refractivity contribution in [1.82, 2.24) is 5.32 Å². The van der Waals surface area contributed by atoms with E-state index in [1.807, 2.05) is 0 Å². The van der Waals surface area contributed by atoms with E-state index in [4.69, 9.17) is 0 Å². The molecule has 1 amide bonds. The van der Waals surface area contributed by atoms with Crippen LogP contribution in [0.2, 0.25) is 0 Å². The van der Waals surface area contributed by atoms with Crippen LogP contribution in [0.1, 0.15) is 31.4 Å². The van der Waals surface area contributed by atoms with E-state index in [1.54, 1.807) is 48.6 Å². The number of nitrogens with zero attached hydrogens (tertiary/aromatic N) is 3. The van der Waals surface area contributed by atoms with E-state index in [0.717, 1.165) is 6.08 Å². The monoisotopic (exact) mass is 542 g/mol. The summed E-state index contributed by atoms with van der Waals surface area (Å²) in [6, 6.07) is 11.1. The van der Waals surface area contributed by atoms with E-state index in [0.29, 0.717) is 28.1 Å². The van der Waals surface area contributed by atoms with Crippen molar-refractivity contribution in [3.63, 3.8) is 0 Å². The van der Waals surface area contributed by atoms with Crippen molar-refractivity contribution in [2.24, 2.45) is 15.5 Å². The topological polar surface area (TPSA) is 157 Å². The second kappa shape index (κ2) is 10.3. The molecule has 0 aromatic heterocycles. The molecule has 39 heavy (non-hydrogen) atoms. The number of rotatable bonds is 7. The van der Waals surface area contributed by atoms with Gasteiger partial charge in [0, 0.05) is 5.22 Å². The standard InChI is InChI=1S/C26H22F3N5O5/c1-3-14-12-19(22(35)36)20(30-23(37)26(27,28)29)25(13(14)2,24(38)39)16-10-8-15(9-11-16)17-6-4-5-7-18(17)21-31-33-34-32-21/h4-12,20H,3H2,1-2H3,(H,30,37)(H,35,36)(H,38,39)(H,31,32,33,34)/p+1. The van der Waals surface area contributed by atoms with Gasteiger partial charge in [-0.1, -0.05) is 54.5 Å². The Morgan fingerprint density at radius 3 is 2.21 bits per heavy atom. The third kappa shape index (κ3) is 4.72. The van der Waals surface area contributed by atoms with Crippen LogP contribution in [0, 0.1) is 0 Å². The third-order valence-corrected chi connectivity index (χ3v) is 6.88. The van der Waals surface area contributed by atoms with Crippen molar-refractivity contribution in [1.29, 1.82) is 0 Å². The summed E-state index contributed by atoms with van der Waals surface area (Å²) >= 11 is 0. The van der Waals surface area contributed by atoms with Gasteiger partial charge in [-0.2, -0.15) is 13.2 Å².